The highest BCUT2D eigenvalue weighted by Gasteiger charge is 2.12. The van der Waals surface area contributed by atoms with E-state index in [0.29, 0.717) is 16.6 Å². The van der Waals surface area contributed by atoms with E-state index in [-0.39, 0.29) is 12.4 Å². The van der Waals surface area contributed by atoms with Gasteiger partial charge in [-0.3, -0.25) is 0 Å². The Balaban J connectivity index is 1.32. The van der Waals surface area contributed by atoms with Gasteiger partial charge in [-0.05, 0) is 59.7 Å². The Labute approximate surface area is 205 Å². The van der Waals surface area contributed by atoms with E-state index in [4.69, 9.17) is 16.3 Å². The van der Waals surface area contributed by atoms with Gasteiger partial charge in [-0.1, -0.05) is 41.9 Å². The van der Waals surface area contributed by atoms with Crippen LogP contribution in [-0.4, -0.2) is 14.6 Å². The Morgan fingerprint density at radius 1 is 1.00 bits per heavy atom. The number of rotatable bonds is 8. The number of nitrogens with one attached hydrogen (secondary N) is 1. The zero-order chi connectivity index (χ0) is 23.3. The third kappa shape index (κ3) is 5.16. The third-order valence-corrected chi connectivity index (χ3v) is 6.51. The molecule has 2 aromatic heterocycles. The third-order valence-electron chi connectivity index (χ3n) is 5.15. The Bertz CT molecular complexity index is 1430. The number of fused-ring (bicyclic) bond motifs is 1. The second kappa shape index (κ2) is 10.2. The normalized spacial score (nSPS) is 11.0. The van der Waals surface area contributed by atoms with Gasteiger partial charge in [-0.2, -0.15) is 5.10 Å². The number of ether oxygens (including phenoxy) is 1. The van der Waals surface area contributed by atoms with E-state index in [0.717, 1.165) is 28.1 Å². The number of hydrogen-bond acceptors (Lipinski definition) is 5. The van der Waals surface area contributed by atoms with Crippen LogP contribution in [0.25, 0.3) is 5.52 Å². The number of benzene rings is 3. The molecule has 5 nitrogen and oxygen atoms in total. The molecule has 0 spiro atoms. The van der Waals surface area contributed by atoms with Gasteiger partial charge in [0.2, 0.25) is 0 Å². The van der Waals surface area contributed by atoms with Crippen molar-refractivity contribution in [3.8, 4) is 5.75 Å². The molecule has 0 fully saturated rings. The van der Waals surface area contributed by atoms with Gasteiger partial charge >= 0.3 is 0 Å². The minimum Gasteiger partial charge on any atom is -0.487 e. The molecule has 0 aliphatic rings. The maximum absolute atomic E-state index is 13.4. The molecule has 0 radical (unpaired) electrons. The van der Waals surface area contributed by atoms with Crippen LogP contribution >= 0.6 is 23.4 Å². The van der Waals surface area contributed by atoms with Crippen molar-refractivity contribution in [3.05, 3.63) is 113 Å². The first-order chi connectivity index (χ1) is 16.7. The minimum absolute atomic E-state index is 0.226. The maximum Gasteiger partial charge on any atom is 0.158 e. The zero-order valence-electron chi connectivity index (χ0n) is 18.0. The smallest absolute Gasteiger partial charge is 0.158 e. The van der Waals surface area contributed by atoms with Crippen molar-refractivity contribution >= 4 is 40.4 Å². The molecule has 3 aromatic carbocycles. The molecule has 5 rings (SSSR count). The van der Waals surface area contributed by atoms with Gasteiger partial charge in [0.25, 0.3) is 0 Å². The first-order valence-electron chi connectivity index (χ1n) is 10.6. The van der Waals surface area contributed by atoms with Crippen molar-refractivity contribution in [2.24, 2.45) is 0 Å². The van der Waals surface area contributed by atoms with Gasteiger partial charge in [-0.15, -0.1) is 11.8 Å². The molecule has 0 saturated carbocycles. The molecule has 5 aromatic rings. The summed E-state index contributed by atoms with van der Waals surface area (Å²) in [5, 5.41) is 8.13. The van der Waals surface area contributed by atoms with Crippen LogP contribution in [0.1, 0.15) is 11.1 Å². The van der Waals surface area contributed by atoms with Gasteiger partial charge < -0.3 is 10.1 Å². The van der Waals surface area contributed by atoms with Crippen molar-refractivity contribution < 1.29 is 9.13 Å². The van der Waals surface area contributed by atoms with Gasteiger partial charge in [-0.25, -0.2) is 13.9 Å². The molecule has 0 bridgehead atoms. The summed E-state index contributed by atoms with van der Waals surface area (Å²) in [5.41, 5.74) is 3.54. The van der Waals surface area contributed by atoms with Crippen LogP contribution in [0.4, 0.5) is 15.9 Å². The van der Waals surface area contributed by atoms with Crippen molar-refractivity contribution in [2.45, 2.75) is 17.3 Å². The van der Waals surface area contributed by atoms with Crippen molar-refractivity contribution in [2.75, 3.05) is 5.32 Å². The van der Waals surface area contributed by atoms with Crippen LogP contribution in [0.2, 0.25) is 5.02 Å². The molecule has 0 atom stereocenters. The lowest BCUT2D eigenvalue weighted by molar-refractivity contribution is 0.306. The number of aromatic nitrogens is 3. The van der Waals surface area contributed by atoms with E-state index in [2.05, 4.69) is 33.6 Å². The van der Waals surface area contributed by atoms with Gasteiger partial charge in [0.1, 0.15) is 30.0 Å². The Morgan fingerprint density at radius 2 is 1.88 bits per heavy atom. The summed E-state index contributed by atoms with van der Waals surface area (Å²) in [7, 11) is 0. The fourth-order valence-electron chi connectivity index (χ4n) is 3.52. The van der Waals surface area contributed by atoms with E-state index >= 15 is 0 Å². The molecular formula is C26H20ClFN4OS. The van der Waals surface area contributed by atoms with E-state index < -0.39 is 0 Å². The molecule has 0 unspecified atom stereocenters. The van der Waals surface area contributed by atoms with Gasteiger partial charge in [0.05, 0.1) is 5.02 Å². The summed E-state index contributed by atoms with van der Waals surface area (Å²) in [6, 6.07) is 24.1. The highest BCUT2D eigenvalue weighted by Crippen LogP contribution is 2.32. The van der Waals surface area contributed by atoms with Crippen LogP contribution in [0.15, 0.2) is 96.3 Å². The Hall–Kier alpha value is -3.55. The van der Waals surface area contributed by atoms with Gasteiger partial charge in [0, 0.05) is 22.5 Å². The lowest BCUT2D eigenvalue weighted by Crippen LogP contribution is -2.01. The highest BCUT2D eigenvalue weighted by molar-refractivity contribution is 7.98. The van der Waals surface area contributed by atoms with E-state index in [1.807, 2.05) is 35.0 Å². The lowest BCUT2D eigenvalue weighted by Gasteiger charge is -2.12. The van der Waals surface area contributed by atoms with Crippen LogP contribution in [-0.2, 0) is 12.4 Å². The molecule has 34 heavy (non-hydrogen) atoms. The lowest BCUT2D eigenvalue weighted by atomic mass is 10.2. The number of halogens is 2. The molecular weight excluding hydrogens is 471 g/mol. The second-order valence-corrected chi connectivity index (χ2v) is 8.99. The molecule has 0 aliphatic heterocycles. The average Bonchev–Trinajstić information content (AvgIpc) is 3.27. The zero-order valence-corrected chi connectivity index (χ0v) is 19.6. The average molecular weight is 491 g/mol. The fourth-order valence-corrected chi connectivity index (χ4v) is 4.66. The fraction of sp³-hybridized carbons (Fsp3) is 0.0769. The van der Waals surface area contributed by atoms with Crippen molar-refractivity contribution in [1.82, 2.24) is 14.6 Å². The summed E-state index contributed by atoms with van der Waals surface area (Å²) in [5.74, 6) is 1.70. The molecule has 170 valence electrons. The van der Waals surface area contributed by atoms with Crippen LogP contribution in [0.3, 0.4) is 0 Å². The molecule has 0 saturated heterocycles. The second-order valence-electron chi connectivity index (χ2n) is 7.53. The Kier molecular flexibility index (Phi) is 6.65. The molecule has 0 amide bonds. The van der Waals surface area contributed by atoms with Crippen LogP contribution in [0, 0.1) is 5.82 Å². The standard InChI is InChI=1S/C26H20ClFN4OS/c27-23-14-21(9-10-24(23)33-15-18-5-4-6-20(28)13-18)31-26-25-19(11-12-32(25)30-17-29-26)16-34-22-7-2-1-3-8-22/h1-14,17H,15-16H2,(H,29,30,31). The summed E-state index contributed by atoms with van der Waals surface area (Å²) in [4.78, 5) is 5.67. The molecule has 2 heterocycles. The molecule has 1 N–H and O–H groups in total. The SMILES string of the molecule is Fc1cccc(COc2ccc(Nc3ncnn4ccc(CSc5ccccc5)c34)cc2Cl)c1. The quantitative estimate of drug-likeness (QED) is 0.234. The number of thioether (sulfide) groups is 1. The molecule has 8 heteroatoms. The predicted octanol–water partition coefficient (Wildman–Crippen LogP) is 7.14. The summed E-state index contributed by atoms with van der Waals surface area (Å²) >= 11 is 8.22. The summed E-state index contributed by atoms with van der Waals surface area (Å²) in [6.07, 6.45) is 3.45. The highest BCUT2D eigenvalue weighted by atomic mass is 35.5. The number of anilines is 2. The summed E-state index contributed by atoms with van der Waals surface area (Å²) < 4.78 is 21.0. The predicted molar refractivity (Wildman–Crippen MR) is 134 cm³/mol. The van der Waals surface area contributed by atoms with E-state index in [1.165, 1.54) is 23.4 Å². The number of nitrogens with zero attached hydrogens (tertiary/aromatic N) is 3. The molecule has 0 aliphatic carbocycles. The largest absolute Gasteiger partial charge is 0.487 e. The number of hydrogen-bond donors (Lipinski definition) is 1. The topological polar surface area (TPSA) is 51.5 Å². The monoisotopic (exact) mass is 490 g/mol. The first kappa shape index (κ1) is 22.3. The minimum atomic E-state index is -0.296. The van der Waals surface area contributed by atoms with Crippen molar-refractivity contribution in [1.29, 1.82) is 0 Å². The van der Waals surface area contributed by atoms with Crippen molar-refractivity contribution in [3.63, 3.8) is 0 Å². The maximum atomic E-state index is 13.4. The van der Waals surface area contributed by atoms with Crippen LogP contribution < -0.4 is 10.1 Å². The summed E-state index contributed by atoms with van der Waals surface area (Å²) in [6.45, 7) is 0.226. The van der Waals surface area contributed by atoms with Gasteiger partial charge in [0.15, 0.2) is 5.82 Å². The van der Waals surface area contributed by atoms with E-state index in [1.54, 1.807) is 36.0 Å². The van der Waals surface area contributed by atoms with E-state index in [9.17, 15) is 4.39 Å². The first-order valence-corrected chi connectivity index (χ1v) is 11.9. The Morgan fingerprint density at radius 3 is 2.71 bits per heavy atom. The van der Waals surface area contributed by atoms with Crippen LogP contribution in [0.5, 0.6) is 5.75 Å².